The highest BCUT2D eigenvalue weighted by Gasteiger charge is 2.19. The van der Waals surface area contributed by atoms with Gasteiger partial charge in [0.25, 0.3) is 0 Å². The molecule has 0 N–H and O–H groups in total. The summed E-state index contributed by atoms with van der Waals surface area (Å²) in [5.74, 6) is 2.29. The van der Waals surface area contributed by atoms with Gasteiger partial charge in [0.1, 0.15) is 5.82 Å². The zero-order valence-electron chi connectivity index (χ0n) is 14.2. The lowest BCUT2D eigenvalue weighted by molar-refractivity contribution is 0.174. The summed E-state index contributed by atoms with van der Waals surface area (Å²) in [5, 5.41) is 1.27. The van der Waals surface area contributed by atoms with E-state index in [9.17, 15) is 0 Å². The predicted octanol–water partition coefficient (Wildman–Crippen LogP) is 5.79. The minimum absolute atomic E-state index is 0.241. The normalized spacial score (nSPS) is 12.7. The maximum atomic E-state index is 6.42. The van der Waals surface area contributed by atoms with Crippen molar-refractivity contribution in [1.82, 2.24) is 9.55 Å². The second-order valence-corrected chi connectivity index (χ2v) is 7.09. The Balaban J connectivity index is 1.70. The fraction of sp³-hybridized carbons (Fsp3) is 0.0952. The highest BCUT2D eigenvalue weighted by Crippen LogP contribution is 2.37. The Morgan fingerprint density at radius 3 is 2.52 bits per heavy atom. The summed E-state index contributed by atoms with van der Waals surface area (Å²) in [4.78, 5) is 4.84. The molecule has 4 nitrogen and oxygen atoms in total. The van der Waals surface area contributed by atoms with Gasteiger partial charge in [-0.3, -0.25) is 0 Å². The number of para-hydroxylation sites is 2. The lowest BCUT2D eigenvalue weighted by Gasteiger charge is -2.12. The monoisotopic (exact) mass is 396 g/mol. The minimum Gasteiger partial charge on any atom is -0.454 e. The van der Waals surface area contributed by atoms with Crippen LogP contribution in [0.5, 0.6) is 11.5 Å². The Labute approximate surface area is 165 Å². The fourth-order valence-electron chi connectivity index (χ4n) is 3.33. The fourth-order valence-corrected chi connectivity index (χ4v) is 3.85. The standard InChI is InChI=1S/C21H14Cl2N2O2/c22-15-4-3-5-16(23)14(15)11-25-18-7-2-1-6-17(18)24-21(25)13-8-9-19-20(10-13)27-12-26-19/h1-10H,11-12H2. The molecule has 0 saturated carbocycles. The van der Waals surface area contributed by atoms with Crippen molar-refractivity contribution in [1.29, 1.82) is 0 Å². The van der Waals surface area contributed by atoms with Gasteiger partial charge in [0.05, 0.1) is 17.6 Å². The Hall–Kier alpha value is -2.69. The van der Waals surface area contributed by atoms with Crippen molar-refractivity contribution >= 4 is 34.2 Å². The number of aromatic nitrogens is 2. The van der Waals surface area contributed by atoms with Crippen molar-refractivity contribution in [2.45, 2.75) is 6.54 Å². The smallest absolute Gasteiger partial charge is 0.231 e. The number of benzene rings is 3. The van der Waals surface area contributed by atoms with Crippen molar-refractivity contribution in [3.8, 4) is 22.9 Å². The third-order valence-electron chi connectivity index (χ3n) is 4.66. The van der Waals surface area contributed by atoms with E-state index < -0.39 is 0 Å². The first-order chi connectivity index (χ1) is 13.2. The van der Waals surface area contributed by atoms with E-state index >= 15 is 0 Å². The molecule has 0 spiro atoms. The number of hydrogen-bond acceptors (Lipinski definition) is 3. The number of fused-ring (bicyclic) bond motifs is 2. The van der Waals surface area contributed by atoms with Crippen molar-refractivity contribution < 1.29 is 9.47 Å². The molecule has 0 bridgehead atoms. The molecule has 0 aliphatic carbocycles. The van der Waals surface area contributed by atoms with Crippen LogP contribution in [0.4, 0.5) is 0 Å². The van der Waals surface area contributed by atoms with Crippen LogP contribution < -0.4 is 9.47 Å². The molecule has 1 aliphatic heterocycles. The van der Waals surface area contributed by atoms with Gasteiger partial charge in [0, 0.05) is 21.2 Å². The zero-order valence-corrected chi connectivity index (χ0v) is 15.7. The number of rotatable bonds is 3. The first-order valence-corrected chi connectivity index (χ1v) is 9.24. The maximum Gasteiger partial charge on any atom is 0.231 e. The highest BCUT2D eigenvalue weighted by molar-refractivity contribution is 6.36. The molecule has 1 aromatic heterocycles. The summed E-state index contributed by atoms with van der Waals surface area (Å²) in [7, 11) is 0. The van der Waals surface area contributed by atoms with E-state index in [2.05, 4.69) is 4.57 Å². The van der Waals surface area contributed by atoms with Crippen LogP contribution >= 0.6 is 23.2 Å². The van der Waals surface area contributed by atoms with Gasteiger partial charge in [-0.15, -0.1) is 0 Å². The first-order valence-electron chi connectivity index (χ1n) is 8.49. The second-order valence-electron chi connectivity index (χ2n) is 6.28. The van der Waals surface area contributed by atoms with E-state index in [0.717, 1.165) is 39.5 Å². The topological polar surface area (TPSA) is 36.3 Å². The molecular weight excluding hydrogens is 383 g/mol. The number of hydrogen-bond donors (Lipinski definition) is 0. The van der Waals surface area contributed by atoms with Crippen molar-refractivity contribution in [2.75, 3.05) is 6.79 Å². The molecule has 0 amide bonds. The third kappa shape index (κ3) is 2.82. The van der Waals surface area contributed by atoms with E-state index in [4.69, 9.17) is 37.7 Å². The molecule has 0 saturated heterocycles. The highest BCUT2D eigenvalue weighted by atomic mass is 35.5. The Morgan fingerprint density at radius 1 is 0.889 bits per heavy atom. The maximum absolute atomic E-state index is 6.42. The number of halogens is 2. The van der Waals surface area contributed by atoms with E-state index in [1.165, 1.54) is 0 Å². The van der Waals surface area contributed by atoms with Crippen LogP contribution in [-0.2, 0) is 6.54 Å². The molecule has 4 aromatic rings. The van der Waals surface area contributed by atoms with Gasteiger partial charge in [0.15, 0.2) is 11.5 Å². The summed E-state index contributed by atoms with van der Waals surface area (Å²) in [5.41, 5.74) is 3.74. The summed E-state index contributed by atoms with van der Waals surface area (Å²) >= 11 is 12.8. The van der Waals surface area contributed by atoms with Crippen LogP contribution in [0.3, 0.4) is 0 Å². The van der Waals surface area contributed by atoms with Gasteiger partial charge in [-0.05, 0) is 42.5 Å². The van der Waals surface area contributed by atoms with Crippen LogP contribution in [0.1, 0.15) is 5.56 Å². The van der Waals surface area contributed by atoms with Gasteiger partial charge < -0.3 is 14.0 Å². The minimum atomic E-state index is 0.241. The third-order valence-corrected chi connectivity index (χ3v) is 5.37. The average molecular weight is 397 g/mol. The van der Waals surface area contributed by atoms with Gasteiger partial charge >= 0.3 is 0 Å². The van der Waals surface area contributed by atoms with Crippen LogP contribution in [0, 0.1) is 0 Å². The average Bonchev–Trinajstić information content (AvgIpc) is 3.29. The van der Waals surface area contributed by atoms with Crippen molar-refractivity contribution in [3.05, 3.63) is 76.3 Å². The molecular formula is C21H14Cl2N2O2. The molecule has 0 unspecified atom stereocenters. The number of ether oxygens (including phenoxy) is 2. The van der Waals surface area contributed by atoms with Crippen LogP contribution in [-0.4, -0.2) is 16.3 Å². The van der Waals surface area contributed by atoms with Gasteiger partial charge in [-0.25, -0.2) is 4.98 Å². The molecule has 0 radical (unpaired) electrons. The van der Waals surface area contributed by atoms with E-state index in [1.807, 2.05) is 60.7 Å². The van der Waals surface area contributed by atoms with Gasteiger partial charge in [0.2, 0.25) is 6.79 Å². The molecule has 1 aliphatic rings. The molecule has 2 heterocycles. The SMILES string of the molecule is Clc1cccc(Cl)c1Cn1c(-c2ccc3c(c2)OCO3)nc2ccccc21. The summed E-state index contributed by atoms with van der Waals surface area (Å²) in [6, 6.07) is 19.4. The summed E-state index contributed by atoms with van der Waals surface area (Å²) < 4.78 is 13.1. The van der Waals surface area contributed by atoms with E-state index in [1.54, 1.807) is 0 Å². The lowest BCUT2D eigenvalue weighted by atomic mass is 10.1. The van der Waals surface area contributed by atoms with Crippen LogP contribution in [0.25, 0.3) is 22.4 Å². The van der Waals surface area contributed by atoms with Crippen molar-refractivity contribution in [3.63, 3.8) is 0 Å². The summed E-state index contributed by atoms with van der Waals surface area (Å²) in [6.07, 6.45) is 0. The number of nitrogens with zero attached hydrogens (tertiary/aromatic N) is 2. The van der Waals surface area contributed by atoms with Crippen molar-refractivity contribution in [2.24, 2.45) is 0 Å². The molecule has 6 heteroatoms. The first kappa shape index (κ1) is 16.5. The largest absolute Gasteiger partial charge is 0.454 e. The van der Waals surface area contributed by atoms with Crippen LogP contribution in [0.15, 0.2) is 60.7 Å². The number of imidazole rings is 1. The molecule has 0 fully saturated rings. The van der Waals surface area contributed by atoms with Crippen LogP contribution in [0.2, 0.25) is 10.0 Å². The predicted molar refractivity (Wildman–Crippen MR) is 107 cm³/mol. The Kier molecular flexibility index (Phi) is 3.96. The molecule has 3 aromatic carbocycles. The van der Waals surface area contributed by atoms with E-state index in [-0.39, 0.29) is 6.79 Å². The molecule has 134 valence electrons. The molecule has 27 heavy (non-hydrogen) atoms. The summed E-state index contributed by atoms with van der Waals surface area (Å²) in [6.45, 7) is 0.757. The molecule has 0 atom stereocenters. The Morgan fingerprint density at radius 2 is 1.67 bits per heavy atom. The van der Waals surface area contributed by atoms with Gasteiger partial charge in [-0.1, -0.05) is 41.4 Å². The van der Waals surface area contributed by atoms with Gasteiger partial charge in [-0.2, -0.15) is 0 Å². The zero-order chi connectivity index (χ0) is 18.4. The molecule has 5 rings (SSSR count). The quantitative estimate of drug-likeness (QED) is 0.439. The second kappa shape index (κ2) is 6.48. The van der Waals surface area contributed by atoms with E-state index in [0.29, 0.717) is 16.6 Å². The lowest BCUT2D eigenvalue weighted by Crippen LogP contribution is -2.03. The Bertz CT molecular complexity index is 1150.